The minimum absolute atomic E-state index is 0.0716. The fourth-order valence-electron chi connectivity index (χ4n) is 3.91. The second-order valence-electron chi connectivity index (χ2n) is 7.82. The number of aromatic nitrogens is 4. The molecule has 30 heavy (non-hydrogen) atoms. The highest BCUT2D eigenvalue weighted by atomic mass is 16.5. The maximum Gasteiger partial charge on any atom is 0.224 e. The Kier molecular flexibility index (Phi) is 6.07. The standard InChI is InChI=1S/C23H27N5O2/c1-16-25-21(28-14-13-24-17(28)2)15-23(26-16)30-20-10-8-19(9-11-20)27-22(29)12-7-18-5-3-4-6-18/h8-11,13-15,18H,3-7,12H2,1-2H3,(H,27,29). The van der Waals surface area contributed by atoms with Gasteiger partial charge >= 0.3 is 0 Å². The number of ether oxygens (including phenoxy) is 1. The third-order valence-electron chi connectivity index (χ3n) is 5.49. The number of rotatable bonds is 7. The number of nitrogens with one attached hydrogen (secondary N) is 1. The molecule has 0 atom stereocenters. The van der Waals surface area contributed by atoms with Gasteiger partial charge in [0.1, 0.15) is 23.2 Å². The predicted molar refractivity (Wildman–Crippen MR) is 115 cm³/mol. The molecular formula is C23H27N5O2. The Morgan fingerprint density at radius 2 is 1.93 bits per heavy atom. The molecule has 1 fully saturated rings. The Morgan fingerprint density at radius 3 is 2.63 bits per heavy atom. The molecule has 2 aromatic heterocycles. The van der Waals surface area contributed by atoms with Crippen LogP contribution in [0.2, 0.25) is 0 Å². The quantitative estimate of drug-likeness (QED) is 0.599. The average Bonchev–Trinajstić information content (AvgIpc) is 3.39. The Bertz CT molecular complexity index is 1010. The summed E-state index contributed by atoms with van der Waals surface area (Å²) in [5.41, 5.74) is 0.771. The smallest absolute Gasteiger partial charge is 0.224 e. The molecule has 3 aromatic rings. The third-order valence-corrected chi connectivity index (χ3v) is 5.49. The maximum absolute atomic E-state index is 12.2. The third kappa shape index (κ3) is 5.03. The second kappa shape index (κ2) is 9.07. The summed E-state index contributed by atoms with van der Waals surface area (Å²) in [6, 6.07) is 9.12. The van der Waals surface area contributed by atoms with E-state index in [1.807, 2.05) is 48.9 Å². The van der Waals surface area contributed by atoms with Crippen molar-refractivity contribution in [3.63, 3.8) is 0 Å². The maximum atomic E-state index is 12.2. The largest absolute Gasteiger partial charge is 0.439 e. The van der Waals surface area contributed by atoms with Crippen molar-refractivity contribution in [1.82, 2.24) is 19.5 Å². The molecule has 1 aliphatic carbocycles. The Morgan fingerprint density at radius 1 is 1.17 bits per heavy atom. The summed E-state index contributed by atoms with van der Waals surface area (Å²) in [4.78, 5) is 25.2. The molecule has 0 unspecified atom stereocenters. The van der Waals surface area contributed by atoms with E-state index in [0.717, 1.165) is 23.9 Å². The molecule has 7 nitrogen and oxygen atoms in total. The lowest BCUT2D eigenvalue weighted by Gasteiger charge is -2.11. The monoisotopic (exact) mass is 405 g/mol. The minimum Gasteiger partial charge on any atom is -0.439 e. The molecule has 1 aliphatic rings. The summed E-state index contributed by atoms with van der Waals surface area (Å²) in [5.74, 6) is 4.05. The summed E-state index contributed by atoms with van der Waals surface area (Å²) in [6.45, 7) is 3.74. The van der Waals surface area contributed by atoms with Gasteiger partial charge in [-0.05, 0) is 50.5 Å². The van der Waals surface area contributed by atoms with Crippen LogP contribution in [0.15, 0.2) is 42.7 Å². The van der Waals surface area contributed by atoms with E-state index in [9.17, 15) is 4.79 Å². The van der Waals surface area contributed by atoms with E-state index in [1.165, 1.54) is 25.7 Å². The van der Waals surface area contributed by atoms with Crippen LogP contribution in [0.4, 0.5) is 5.69 Å². The van der Waals surface area contributed by atoms with Gasteiger partial charge in [0, 0.05) is 30.6 Å². The van der Waals surface area contributed by atoms with Gasteiger partial charge in [-0.2, -0.15) is 4.98 Å². The summed E-state index contributed by atoms with van der Waals surface area (Å²) in [5, 5.41) is 2.97. The van der Waals surface area contributed by atoms with E-state index in [1.54, 1.807) is 12.3 Å². The van der Waals surface area contributed by atoms with E-state index in [-0.39, 0.29) is 5.91 Å². The van der Waals surface area contributed by atoms with Crippen molar-refractivity contribution in [3.8, 4) is 17.4 Å². The molecule has 1 saturated carbocycles. The topological polar surface area (TPSA) is 81.9 Å². The van der Waals surface area contributed by atoms with E-state index in [4.69, 9.17) is 4.74 Å². The van der Waals surface area contributed by atoms with Gasteiger partial charge in [-0.15, -0.1) is 0 Å². The van der Waals surface area contributed by atoms with Crippen molar-refractivity contribution < 1.29 is 9.53 Å². The van der Waals surface area contributed by atoms with Gasteiger partial charge in [0.2, 0.25) is 11.8 Å². The zero-order chi connectivity index (χ0) is 20.9. The molecule has 0 bridgehead atoms. The predicted octanol–water partition coefficient (Wildman–Crippen LogP) is 4.98. The van der Waals surface area contributed by atoms with Gasteiger partial charge in [-0.25, -0.2) is 9.97 Å². The van der Waals surface area contributed by atoms with Crippen LogP contribution in [0, 0.1) is 19.8 Å². The summed E-state index contributed by atoms with van der Waals surface area (Å²) >= 11 is 0. The van der Waals surface area contributed by atoms with Gasteiger partial charge in [-0.1, -0.05) is 25.7 Å². The molecule has 0 spiro atoms. The van der Waals surface area contributed by atoms with Crippen LogP contribution < -0.4 is 10.1 Å². The molecule has 156 valence electrons. The fraction of sp³-hybridized carbons (Fsp3) is 0.391. The molecule has 1 amide bonds. The number of benzene rings is 1. The highest BCUT2D eigenvalue weighted by Gasteiger charge is 2.16. The lowest BCUT2D eigenvalue weighted by Crippen LogP contribution is -2.12. The van der Waals surface area contributed by atoms with Gasteiger partial charge in [0.25, 0.3) is 0 Å². The van der Waals surface area contributed by atoms with Crippen LogP contribution in [0.1, 0.15) is 50.2 Å². The highest BCUT2D eigenvalue weighted by molar-refractivity contribution is 5.90. The van der Waals surface area contributed by atoms with Crippen molar-refractivity contribution in [2.24, 2.45) is 5.92 Å². The first-order valence-corrected chi connectivity index (χ1v) is 10.5. The van der Waals surface area contributed by atoms with Crippen molar-refractivity contribution in [1.29, 1.82) is 0 Å². The molecule has 1 aromatic carbocycles. The van der Waals surface area contributed by atoms with Gasteiger partial charge in [0.05, 0.1) is 0 Å². The summed E-state index contributed by atoms with van der Waals surface area (Å²) < 4.78 is 7.80. The number of amides is 1. The Hall–Kier alpha value is -3.22. The van der Waals surface area contributed by atoms with Crippen LogP contribution in [0.5, 0.6) is 11.6 Å². The van der Waals surface area contributed by atoms with Crippen molar-refractivity contribution >= 4 is 11.6 Å². The van der Waals surface area contributed by atoms with Gasteiger partial charge in [-0.3, -0.25) is 9.36 Å². The number of carbonyl (C=O) groups is 1. The van der Waals surface area contributed by atoms with Crippen LogP contribution in [0.25, 0.3) is 5.82 Å². The molecule has 0 aliphatic heterocycles. The number of hydrogen-bond donors (Lipinski definition) is 1. The number of aryl methyl sites for hydroxylation is 2. The van der Waals surface area contributed by atoms with E-state index >= 15 is 0 Å². The minimum atomic E-state index is 0.0716. The molecule has 4 rings (SSSR count). The van der Waals surface area contributed by atoms with E-state index < -0.39 is 0 Å². The number of nitrogens with zero attached hydrogens (tertiary/aromatic N) is 4. The van der Waals surface area contributed by atoms with E-state index in [2.05, 4.69) is 20.3 Å². The van der Waals surface area contributed by atoms with Crippen LogP contribution in [-0.2, 0) is 4.79 Å². The van der Waals surface area contributed by atoms with Crippen LogP contribution in [0.3, 0.4) is 0 Å². The zero-order valence-electron chi connectivity index (χ0n) is 17.5. The van der Waals surface area contributed by atoms with Gasteiger partial charge < -0.3 is 10.1 Å². The highest BCUT2D eigenvalue weighted by Crippen LogP contribution is 2.29. The molecular weight excluding hydrogens is 378 g/mol. The lowest BCUT2D eigenvalue weighted by atomic mass is 10.0. The second-order valence-corrected chi connectivity index (χ2v) is 7.82. The van der Waals surface area contributed by atoms with Crippen LogP contribution >= 0.6 is 0 Å². The van der Waals surface area contributed by atoms with E-state index in [0.29, 0.717) is 29.7 Å². The first kappa shape index (κ1) is 20.1. The fourth-order valence-corrected chi connectivity index (χ4v) is 3.91. The number of hydrogen-bond acceptors (Lipinski definition) is 5. The molecule has 2 heterocycles. The number of imidazole rings is 1. The van der Waals surface area contributed by atoms with Crippen LogP contribution in [-0.4, -0.2) is 25.4 Å². The zero-order valence-corrected chi connectivity index (χ0v) is 17.5. The first-order chi connectivity index (χ1) is 14.6. The Balaban J connectivity index is 1.37. The van der Waals surface area contributed by atoms with Gasteiger partial charge in [0.15, 0.2) is 0 Å². The summed E-state index contributed by atoms with van der Waals surface area (Å²) in [7, 11) is 0. The van der Waals surface area contributed by atoms with Crippen molar-refractivity contribution in [2.75, 3.05) is 5.32 Å². The first-order valence-electron chi connectivity index (χ1n) is 10.5. The number of carbonyl (C=O) groups excluding carboxylic acids is 1. The molecule has 1 N–H and O–H groups in total. The normalized spacial score (nSPS) is 14.1. The Labute approximate surface area is 176 Å². The SMILES string of the molecule is Cc1nc(Oc2ccc(NC(=O)CCC3CCCC3)cc2)cc(-n2ccnc2C)n1. The number of anilines is 1. The lowest BCUT2D eigenvalue weighted by molar-refractivity contribution is -0.116. The molecule has 0 radical (unpaired) electrons. The molecule has 7 heteroatoms. The summed E-state index contributed by atoms with van der Waals surface area (Å²) in [6.07, 6.45) is 10.3. The molecule has 0 saturated heterocycles. The average molecular weight is 406 g/mol. The van der Waals surface area contributed by atoms with Crippen molar-refractivity contribution in [2.45, 2.75) is 52.4 Å². The van der Waals surface area contributed by atoms with Crippen molar-refractivity contribution in [3.05, 3.63) is 54.4 Å².